The number of urea groups is 1. The van der Waals surface area contributed by atoms with E-state index in [1.165, 1.54) is 41.7 Å². The molecule has 1 aliphatic heterocycles. The number of carbonyl (C=O) groups excluding carboxylic acids is 2. The van der Waals surface area contributed by atoms with Gasteiger partial charge in [-0.15, -0.1) is 11.3 Å². The molecule has 0 radical (unpaired) electrons. The number of amides is 3. The zero-order valence-corrected chi connectivity index (χ0v) is 16.7. The van der Waals surface area contributed by atoms with Crippen molar-refractivity contribution in [2.75, 3.05) is 19.6 Å². The molecule has 2 aliphatic carbocycles. The highest BCUT2D eigenvalue weighted by atomic mass is 32.1. The lowest BCUT2D eigenvalue weighted by Crippen LogP contribution is -2.47. The Labute approximate surface area is 165 Å². The van der Waals surface area contributed by atoms with Crippen LogP contribution in [0.5, 0.6) is 0 Å². The smallest absolute Gasteiger partial charge is 0.321 e. The summed E-state index contributed by atoms with van der Waals surface area (Å²) in [6, 6.07) is 2.21. The first-order chi connectivity index (χ1) is 13.2. The largest absolute Gasteiger partial charge is 0.337 e. The minimum Gasteiger partial charge on any atom is -0.337 e. The molecule has 1 fully saturated rings. The van der Waals surface area contributed by atoms with Gasteiger partial charge >= 0.3 is 6.03 Å². The monoisotopic (exact) mass is 387 g/mol. The zero-order chi connectivity index (χ0) is 18.6. The molecule has 0 aromatic carbocycles. The minimum absolute atomic E-state index is 0.200. The van der Waals surface area contributed by atoms with Gasteiger partial charge in [0.25, 0.3) is 0 Å². The number of hydrogen-bond donors (Lipinski definition) is 2. The third kappa shape index (κ3) is 4.79. The maximum Gasteiger partial charge on any atom is 0.321 e. The Morgan fingerprint density at radius 3 is 2.89 bits per heavy atom. The molecule has 1 aromatic rings. The molecule has 2 N–H and O–H groups in total. The Balaban J connectivity index is 1.24. The second-order valence-corrected chi connectivity index (χ2v) is 8.96. The number of imide groups is 1. The van der Waals surface area contributed by atoms with Crippen LogP contribution in [0.25, 0.3) is 0 Å². The molecule has 6 heteroatoms. The molecule has 4 rings (SSSR count). The summed E-state index contributed by atoms with van der Waals surface area (Å²) >= 11 is 1.83. The molecular formula is C21H29N3O2S. The molecule has 1 aromatic heterocycles. The molecule has 27 heavy (non-hydrogen) atoms. The summed E-state index contributed by atoms with van der Waals surface area (Å²) in [6.07, 6.45) is 11.5. The lowest BCUT2D eigenvalue weighted by Gasteiger charge is -2.35. The van der Waals surface area contributed by atoms with E-state index in [0.717, 1.165) is 32.2 Å². The predicted octanol–water partition coefficient (Wildman–Crippen LogP) is 3.77. The van der Waals surface area contributed by atoms with Crippen molar-refractivity contribution < 1.29 is 9.59 Å². The number of nitrogens with one attached hydrogen (secondary N) is 2. The van der Waals surface area contributed by atoms with Crippen LogP contribution in [0.3, 0.4) is 0 Å². The van der Waals surface area contributed by atoms with E-state index >= 15 is 0 Å². The van der Waals surface area contributed by atoms with E-state index in [4.69, 9.17) is 0 Å². The van der Waals surface area contributed by atoms with E-state index in [2.05, 4.69) is 33.1 Å². The Kier molecular flexibility index (Phi) is 5.93. The van der Waals surface area contributed by atoms with Gasteiger partial charge in [-0.1, -0.05) is 11.6 Å². The van der Waals surface area contributed by atoms with Gasteiger partial charge in [-0.25, -0.2) is 4.79 Å². The van der Waals surface area contributed by atoms with E-state index in [1.807, 2.05) is 11.3 Å². The molecule has 146 valence electrons. The molecular weight excluding hydrogens is 358 g/mol. The first kappa shape index (κ1) is 18.7. The Bertz CT molecular complexity index is 723. The van der Waals surface area contributed by atoms with E-state index in [9.17, 15) is 9.59 Å². The molecule has 0 saturated heterocycles. The Hall–Kier alpha value is -1.66. The van der Waals surface area contributed by atoms with E-state index < -0.39 is 0 Å². The number of allylic oxidation sites excluding steroid dienone is 1. The molecule has 5 nitrogen and oxygen atoms in total. The number of carbonyl (C=O) groups is 2. The molecule has 2 heterocycles. The van der Waals surface area contributed by atoms with Crippen molar-refractivity contribution in [2.45, 2.75) is 57.4 Å². The summed E-state index contributed by atoms with van der Waals surface area (Å²) in [6.45, 7) is 1.80. The number of thiophene rings is 1. The zero-order valence-electron chi connectivity index (χ0n) is 15.8. The first-order valence-electron chi connectivity index (χ1n) is 10.3. The van der Waals surface area contributed by atoms with Gasteiger partial charge < -0.3 is 5.32 Å². The summed E-state index contributed by atoms with van der Waals surface area (Å²) in [5, 5.41) is 7.51. The van der Waals surface area contributed by atoms with Crippen LogP contribution in [-0.2, 0) is 11.2 Å². The Morgan fingerprint density at radius 1 is 1.22 bits per heavy atom. The second kappa shape index (κ2) is 8.57. The van der Waals surface area contributed by atoms with Crippen molar-refractivity contribution in [3.63, 3.8) is 0 Å². The van der Waals surface area contributed by atoms with Gasteiger partial charge in [0, 0.05) is 24.0 Å². The molecule has 3 amide bonds. The maximum absolute atomic E-state index is 12.4. The van der Waals surface area contributed by atoms with Crippen LogP contribution in [0.15, 0.2) is 23.1 Å². The summed E-state index contributed by atoms with van der Waals surface area (Å²) < 4.78 is 0. The average Bonchev–Trinajstić information content (AvgIpc) is 3.38. The van der Waals surface area contributed by atoms with Gasteiger partial charge in [0.05, 0.1) is 6.54 Å². The van der Waals surface area contributed by atoms with Crippen LogP contribution in [-0.4, -0.2) is 36.5 Å². The molecule has 0 unspecified atom stereocenters. The van der Waals surface area contributed by atoms with Crippen molar-refractivity contribution in [3.8, 4) is 0 Å². The topological polar surface area (TPSA) is 61.4 Å². The highest BCUT2D eigenvalue weighted by molar-refractivity contribution is 7.10. The Morgan fingerprint density at radius 2 is 2.11 bits per heavy atom. The number of nitrogens with zero attached hydrogens (tertiary/aromatic N) is 1. The summed E-state index contributed by atoms with van der Waals surface area (Å²) in [5.41, 5.74) is 2.84. The molecule has 0 spiro atoms. The maximum atomic E-state index is 12.4. The SMILES string of the molecule is O=C(CN1CCc2sccc2[C@@H]1C1CC1)NC(=O)NCCC1=CCCCC1. The van der Waals surface area contributed by atoms with Gasteiger partial charge in [0.15, 0.2) is 0 Å². The molecule has 0 bridgehead atoms. The first-order valence-corrected chi connectivity index (χ1v) is 11.1. The van der Waals surface area contributed by atoms with Gasteiger partial charge in [-0.3, -0.25) is 15.0 Å². The summed E-state index contributed by atoms with van der Waals surface area (Å²) in [7, 11) is 0. The van der Waals surface area contributed by atoms with Gasteiger partial charge in [-0.2, -0.15) is 0 Å². The third-order valence-electron chi connectivity index (χ3n) is 5.90. The summed E-state index contributed by atoms with van der Waals surface area (Å²) in [5.74, 6) is 0.470. The van der Waals surface area contributed by atoms with Crippen molar-refractivity contribution in [3.05, 3.63) is 33.5 Å². The minimum atomic E-state index is -0.368. The van der Waals surface area contributed by atoms with Crippen molar-refractivity contribution in [1.29, 1.82) is 0 Å². The van der Waals surface area contributed by atoms with E-state index in [1.54, 1.807) is 0 Å². The number of rotatable bonds is 6. The van der Waals surface area contributed by atoms with Gasteiger partial charge in [0.1, 0.15) is 0 Å². The molecule has 1 saturated carbocycles. The van der Waals surface area contributed by atoms with E-state index in [0.29, 0.717) is 25.0 Å². The second-order valence-electron chi connectivity index (χ2n) is 7.96. The van der Waals surface area contributed by atoms with Crippen LogP contribution in [0.1, 0.15) is 61.4 Å². The van der Waals surface area contributed by atoms with Gasteiger partial charge in [0.2, 0.25) is 5.91 Å². The quantitative estimate of drug-likeness (QED) is 0.731. The lowest BCUT2D eigenvalue weighted by molar-refractivity contribution is -0.122. The average molecular weight is 388 g/mol. The van der Waals surface area contributed by atoms with Gasteiger partial charge in [-0.05, 0) is 74.3 Å². The van der Waals surface area contributed by atoms with Crippen molar-refractivity contribution in [1.82, 2.24) is 15.5 Å². The lowest BCUT2D eigenvalue weighted by atomic mass is 9.96. The van der Waals surface area contributed by atoms with E-state index in [-0.39, 0.29) is 11.9 Å². The highest BCUT2D eigenvalue weighted by Crippen LogP contribution is 2.48. The van der Waals surface area contributed by atoms with Crippen LogP contribution >= 0.6 is 11.3 Å². The summed E-state index contributed by atoms with van der Waals surface area (Å²) in [4.78, 5) is 28.2. The fourth-order valence-electron chi connectivity index (χ4n) is 4.40. The molecule has 3 aliphatic rings. The van der Waals surface area contributed by atoms with Crippen molar-refractivity contribution >= 4 is 23.3 Å². The molecule has 1 atom stereocenters. The number of fused-ring (bicyclic) bond motifs is 1. The van der Waals surface area contributed by atoms with Crippen LogP contribution < -0.4 is 10.6 Å². The third-order valence-corrected chi connectivity index (χ3v) is 6.90. The fraction of sp³-hybridized carbons (Fsp3) is 0.619. The highest BCUT2D eigenvalue weighted by Gasteiger charge is 2.40. The fourth-order valence-corrected chi connectivity index (χ4v) is 5.32. The normalized spacial score (nSPS) is 22.7. The standard InChI is InChI=1S/C21H29N3O2S/c25-19(23-21(26)22-11-8-15-4-2-1-3-5-15)14-24-12-9-18-17(10-13-27-18)20(24)16-6-7-16/h4,10,13,16,20H,1-3,5-9,11-12,14H2,(H2,22,23,25,26)/t20-/m0/s1. The van der Waals surface area contributed by atoms with Crippen LogP contribution in [0.2, 0.25) is 0 Å². The van der Waals surface area contributed by atoms with Crippen LogP contribution in [0, 0.1) is 5.92 Å². The predicted molar refractivity (Wildman–Crippen MR) is 108 cm³/mol. The van der Waals surface area contributed by atoms with Crippen molar-refractivity contribution in [2.24, 2.45) is 5.92 Å². The number of hydrogen-bond acceptors (Lipinski definition) is 4. The van der Waals surface area contributed by atoms with Crippen LogP contribution in [0.4, 0.5) is 4.79 Å².